The number of anilines is 1. The minimum Gasteiger partial charge on any atom is -0.338 e. The van der Waals surface area contributed by atoms with Crippen LogP contribution in [-0.2, 0) is 4.79 Å². The Morgan fingerprint density at radius 2 is 2.27 bits per heavy atom. The number of rotatable bonds is 4. The van der Waals surface area contributed by atoms with E-state index in [4.69, 9.17) is 4.52 Å². The molecule has 82 valence electrons. The van der Waals surface area contributed by atoms with Crippen molar-refractivity contribution in [1.29, 1.82) is 0 Å². The van der Waals surface area contributed by atoms with Gasteiger partial charge in [-0.1, -0.05) is 5.16 Å². The van der Waals surface area contributed by atoms with E-state index >= 15 is 0 Å². The molecule has 1 aliphatic carbocycles. The van der Waals surface area contributed by atoms with Gasteiger partial charge in [-0.05, 0) is 26.7 Å². The van der Waals surface area contributed by atoms with Gasteiger partial charge in [0.05, 0.1) is 12.2 Å². The second kappa shape index (κ2) is 4.02. The lowest BCUT2D eigenvalue weighted by Crippen LogP contribution is -2.29. The van der Waals surface area contributed by atoms with E-state index in [0.29, 0.717) is 18.5 Å². The molecule has 1 fully saturated rings. The maximum absolute atomic E-state index is 11.4. The monoisotopic (exact) mass is 209 g/mol. The molecule has 1 aromatic heterocycles. The summed E-state index contributed by atoms with van der Waals surface area (Å²) in [5.41, 5.74) is 1.69. The van der Waals surface area contributed by atoms with Crippen molar-refractivity contribution in [2.45, 2.75) is 32.7 Å². The summed E-state index contributed by atoms with van der Waals surface area (Å²) in [5.74, 6) is 0.372. The number of hydrogen-bond acceptors (Lipinski definition) is 4. The van der Waals surface area contributed by atoms with Crippen LogP contribution in [0.25, 0.3) is 0 Å². The summed E-state index contributed by atoms with van der Waals surface area (Å²) in [6.07, 6.45) is 2.35. The number of hydrogen-bond donors (Lipinski definition) is 2. The topological polar surface area (TPSA) is 67.2 Å². The molecule has 0 bridgehead atoms. The number of amides is 1. The molecule has 0 aromatic carbocycles. The van der Waals surface area contributed by atoms with Crippen LogP contribution in [0.3, 0.4) is 0 Å². The van der Waals surface area contributed by atoms with Crippen molar-refractivity contribution in [1.82, 2.24) is 10.5 Å². The Kier molecular flexibility index (Phi) is 2.73. The predicted molar refractivity (Wildman–Crippen MR) is 55.6 cm³/mol. The lowest BCUT2D eigenvalue weighted by molar-refractivity contribution is -0.115. The van der Waals surface area contributed by atoms with Gasteiger partial charge in [0.2, 0.25) is 11.8 Å². The molecule has 1 aromatic rings. The van der Waals surface area contributed by atoms with Gasteiger partial charge >= 0.3 is 0 Å². The highest BCUT2D eigenvalue weighted by atomic mass is 16.5. The fraction of sp³-hybridized carbons (Fsp3) is 0.600. The van der Waals surface area contributed by atoms with Gasteiger partial charge < -0.3 is 9.84 Å². The molecule has 0 atom stereocenters. The van der Waals surface area contributed by atoms with Crippen LogP contribution in [0.5, 0.6) is 0 Å². The fourth-order valence-corrected chi connectivity index (χ4v) is 1.23. The van der Waals surface area contributed by atoms with Crippen LogP contribution in [0, 0.1) is 13.8 Å². The highest BCUT2D eigenvalue weighted by molar-refractivity contribution is 5.91. The van der Waals surface area contributed by atoms with Crippen molar-refractivity contribution in [3.63, 3.8) is 0 Å². The van der Waals surface area contributed by atoms with Gasteiger partial charge in [0.1, 0.15) is 0 Å². The Morgan fingerprint density at radius 1 is 1.53 bits per heavy atom. The molecule has 1 amide bonds. The Hall–Kier alpha value is -1.36. The molecule has 0 aliphatic heterocycles. The van der Waals surface area contributed by atoms with E-state index in [9.17, 15) is 4.79 Å². The van der Waals surface area contributed by atoms with Crippen LogP contribution in [0.2, 0.25) is 0 Å². The zero-order chi connectivity index (χ0) is 10.8. The van der Waals surface area contributed by atoms with Crippen molar-refractivity contribution in [3.8, 4) is 0 Å². The normalized spacial score (nSPS) is 15.3. The summed E-state index contributed by atoms with van der Waals surface area (Å²) in [6.45, 7) is 4.05. The van der Waals surface area contributed by atoms with Crippen molar-refractivity contribution in [2.75, 3.05) is 11.9 Å². The van der Waals surface area contributed by atoms with Gasteiger partial charge in [-0.25, -0.2) is 0 Å². The minimum atomic E-state index is -0.0823. The summed E-state index contributed by atoms with van der Waals surface area (Å²) >= 11 is 0. The van der Waals surface area contributed by atoms with Crippen molar-refractivity contribution in [2.24, 2.45) is 0 Å². The average Bonchev–Trinajstić information content (AvgIpc) is 2.98. The maximum atomic E-state index is 11.4. The highest BCUT2D eigenvalue weighted by Gasteiger charge is 2.21. The molecule has 1 saturated carbocycles. The lowest BCUT2D eigenvalue weighted by atomic mass is 10.3. The first-order valence-electron chi connectivity index (χ1n) is 5.13. The number of carbonyl (C=O) groups excluding carboxylic acids is 1. The van der Waals surface area contributed by atoms with E-state index < -0.39 is 0 Å². The first-order valence-corrected chi connectivity index (χ1v) is 5.13. The molecule has 5 nitrogen and oxygen atoms in total. The number of nitrogens with zero attached hydrogens (tertiary/aromatic N) is 1. The van der Waals surface area contributed by atoms with Gasteiger partial charge in [-0.15, -0.1) is 0 Å². The molecule has 0 radical (unpaired) electrons. The summed E-state index contributed by atoms with van der Waals surface area (Å²) in [7, 11) is 0. The molecule has 0 unspecified atom stereocenters. The van der Waals surface area contributed by atoms with Crippen LogP contribution in [0.4, 0.5) is 5.88 Å². The summed E-state index contributed by atoms with van der Waals surface area (Å²) in [4.78, 5) is 11.4. The Labute approximate surface area is 88.2 Å². The first-order chi connectivity index (χ1) is 7.16. The zero-order valence-corrected chi connectivity index (χ0v) is 8.96. The third-order valence-electron chi connectivity index (χ3n) is 2.54. The summed E-state index contributed by atoms with van der Waals surface area (Å²) < 4.78 is 4.98. The predicted octanol–water partition coefficient (Wildman–Crippen LogP) is 0.982. The van der Waals surface area contributed by atoms with E-state index in [-0.39, 0.29) is 5.91 Å². The maximum Gasteiger partial charge on any atom is 0.240 e. The van der Waals surface area contributed by atoms with E-state index in [1.165, 1.54) is 12.8 Å². The minimum absolute atomic E-state index is 0.0823. The first kappa shape index (κ1) is 10.2. The standard InChI is InChI=1S/C10H15N3O2/c1-6-7(2)13-15-10(6)12-9(14)5-11-8-3-4-8/h8,11H,3-5H2,1-2H3,(H,12,14). The summed E-state index contributed by atoms with van der Waals surface area (Å²) in [5, 5.41) is 9.58. The van der Waals surface area contributed by atoms with E-state index in [2.05, 4.69) is 15.8 Å². The molecular formula is C10H15N3O2. The molecule has 15 heavy (non-hydrogen) atoms. The molecule has 0 saturated heterocycles. The average molecular weight is 209 g/mol. The number of carbonyl (C=O) groups is 1. The Bertz CT molecular complexity index is 369. The SMILES string of the molecule is Cc1noc(NC(=O)CNC2CC2)c1C. The molecular weight excluding hydrogens is 194 g/mol. The van der Waals surface area contributed by atoms with Gasteiger partial charge in [-0.2, -0.15) is 0 Å². The van der Waals surface area contributed by atoms with Crippen LogP contribution in [0.1, 0.15) is 24.1 Å². The third-order valence-corrected chi connectivity index (χ3v) is 2.54. The van der Waals surface area contributed by atoms with Gasteiger partial charge in [-0.3, -0.25) is 10.1 Å². The fourth-order valence-electron chi connectivity index (χ4n) is 1.23. The van der Waals surface area contributed by atoms with Crippen LogP contribution < -0.4 is 10.6 Å². The number of nitrogens with one attached hydrogen (secondary N) is 2. The van der Waals surface area contributed by atoms with Gasteiger partial charge in [0.15, 0.2) is 0 Å². The highest BCUT2D eigenvalue weighted by Crippen LogP contribution is 2.19. The summed E-state index contributed by atoms with van der Waals surface area (Å²) in [6, 6.07) is 0.535. The third kappa shape index (κ3) is 2.56. The van der Waals surface area contributed by atoms with Crippen molar-refractivity contribution < 1.29 is 9.32 Å². The van der Waals surface area contributed by atoms with E-state index in [0.717, 1.165) is 11.3 Å². The molecule has 1 aliphatic rings. The zero-order valence-electron chi connectivity index (χ0n) is 8.96. The molecule has 5 heteroatoms. The second-order valence-electron chi connectivity index (χ2n) is 3.93. The quantitative estimate of drug-likeness (QED) is 0.775. The van der Waals surface area contributed by atoms with Crippen LogP contribution >= 0.6 is 0 Å². The molecule has 0 spiro atoms. The number of aromatic nitrogens is 1. The Balaban J connectivity index is 1.84. The Morgan fingerprint density at radius 3 is 2.80 bits per heavy atom. The van der Waals surface area contributed by atoms with Crippen LogP contribution in [0.15, 0.2) is 4.52 Å². The van der Waals surface area contributed by atoms with E-state index in [1.54, 1.807) is 0 Å². The largest absolute Gasteiger partial charge is 0.338 e. The second-order valence-corrected chi connectivity index (χ2v) is 3.93. The van der Waals surface area contributed by atoms with Crippen molar-refractivity contribution >= 4 is 11.8 Å². The van der Waals surface area contributed by atoms with E-state index in [1.807, 2.05) is 13.8 Å². The number of aryl methyl sites for hydroxylation is 1. The van der Waals surface area contributed by atoms with Crippen molar-refractivity contribution in [3.05, 3.63) is 11.3 Å². The molecule has 2 rings (SSSR count). The molecule has 1 heterocycles. The van der Waals surface area contributed by atoms with Gasteiger partial charge in [0, 0.05) is 11.6 Å². The molecule has 2 N–H and O–H groups in total. The smallest absolute Gasteiger partial charge is 0.240 e. The van der Waals surface area contributed by atoms with Crippen LogP contribution in [-0.4, -0.2) is 23.7 Å². The lowest BCUT2D eigenvalue weighted by Gasteiger charge is -2.02. The van der Waals surface area contributed by atoms with Gasteiger partial charge in [0.25, 0.3) is 0 Å².